The molecule has 0 radical (unpaired) electrons. The molecule has 29 heavy (non-hydrogen) atoms. The second-order valence-electron chi connectivity index (χ2n) is 8.65. The van der Waals surface area contributed by atoms with Crippen molar-refractivity contribution in [3.05, 3.63) is 59.4 Å². The van der Waals surface area contributed by atoms with Gasteiger partial charge in [-0.3, -0.25) is 0 Å². The SMILES string of the molecule is CCCCCC(CC)[C@H]1CC[C@H](c2ccc(-c3cc(F)c(F)c(F)c3)cc2)CC1. The van der Waals surface area contributed by atoms with Gasteiger partial charge in [0, 0.05) is 0 Å². The van der Waals surface area contributed by atoms with Crippen LogP contribution < -0.4 is 0 Å². The molecule has 0 aromatic heterocycles. The van der Waals surface area contributed by atoms with Crippen LogP contribution in [0.5, 0.6) is 0 Å². The smallest absolute Gasteiger partial charge is 0.194 e. The summed E-state index contributed by atoms with van der Waals surface area (Å²) < 4.78 is 40.2. The fraction of sp³-hybridized carbons (Fsp3) is 0.538. The van der Waals surface area contributed by atoms with Crippen LogP contribution in [-0.4, -0.2) is 0 Å². The summed E-state index contributed by atoms with van der Waals surface area (Å²) in [4.78, 5) is 0. The van der Waals surface area contributed by atoms with E-state index in [4.69, 9.17) is 0 Å². The van der Waals surface area contributed by atoms with Crippen LogP contribution in [0.15, 0.2) is 36.4 Å². The zero-order valence-electron chi connectivity index (χ0n) is 17.7. The first-order valence-electron chi connectivity index (χ1n) is 11.3. The molecule has 0 amide bonds. The van der Waals surface area contributed by atoms with E-state index in [2.05, 4.69) is 26.0 Å². The summed E-state index contributed by atoms with van der Waals surface area (Å²) in [7, 11) is 0. The van der Waals surface area contributed by atoms with Gasteiger partial charge in [0.2, 0.25) is 0 Å². The number of halogens is 3. The van der Waals surface area contributed by atoms with Crippen LogP contribution in [0, 0.1) is 29.3 Å². The van der Waals surface area contributed by atoms with Crippen molar-refractivity contribution in [3.63, 3.8) is 0 Å². The van der Waals surface area contributed by atoms with Gasteiger partial charge >= 0.3 is 0 Å². The van der Waals surface area contributed by atoms with Crippen molar-refractivity contribution in [1.29, 1.82) is 0 Å². The molecule has 0 aliphatic heterocycles. The minimum Gasteiger partial charge on any atom is -0.204 e. The molecule has 1 fully saturated rings. The molecule has 0 nitrogen and oxygen atoms in total. The van der Waals surface area contributed by atoms with E-state index in [1.807, 2.05) is 12.1 Å². The number of benzene rings is 2. The van der Waals surface area contributed by atoms with Crippen LogP contribution in [0.1, 0.15) is 83.1 Å². The summed E-state index contributed by atoms with van der Waals surface area (Å²) in [6, 6.07) is 10.0. The normalized spacial score (nSPS) is 20.6. The van der Waals surface area contributed by atoms with Crippen LogP contribution in [-0.2, 0) is 0 Å². The average molecular weight is 403 g/mol. The second kappa shape index (κ2) is 10.3. The van der Waals surface area contributed by atoms with Crippen molar-refractivity contribution in [1.82, 2.24) is 0 Å². The zero-order valence-corrected chi connectivity index (χ0v) is 17.7. The summed E-state index contributed by atoms with van der Waals surface area (Å²) >= 11 is 0. The van der Waals surface area contributed by atoms with Crippen LogP contribution in [0.2, 0.25) is 0 Å². The maximum Gasteiger partial charge on any atom is 0.194 e. The van der Waals surface area contributed by atoms with Gasteiger partial charge in [-0.2, -0.15) is 0 Å². The monoisotopic (exact) mass is 402 g/mol. The summed E-state index contributed by atoms with van der Waals surface area (Å²) in [6.07, 6.45) is 11.7. The molecule has 0 bridgehead atoms. The molecule has 2 aromatic carbocycles. The Bertz CT molecular complexity index is 750. The third-order valence-corrected chi connectivity index (χ3v) is 6.84. The Kier molecular flexibility index (Phi) is 7.80. The molecule has 1 saturated carbocycles. The molecule has 1 unspecified atom stereocenters. The minimum absolute atomic E-state index is 0.370. The first-order chi connectivity index (χ1) is 14.0. The topological polar surface area (TPSA) is 0 Å². The number of hydrogen-bond donors (Lipinski definition) is 0. The van der Waals surface area contributed by atoms with Crippen LogP contribution >= 0.6 is 0 Å². The van der Waals surface area contributed by atoms with E-state index in [1.54, 1.807) is 0 Å². The Morgan fingerprint density at radius 2 is 1.45 bits per heavy atom. The van der Waals surface area contributed by atoms with E-state index < -0.39 is 17.5 Å². The highest BCUT2D eigenvalue weighted by atomic mass is 19.2. The molecule has 0 N–H and O–H groups in total. The summed E-state index contributed by atoms with van der Waals surface area (Å²) in [5.41, 5.74) is 2.38. The third-order valence-electron chi connectivity index (χ3n) is 6.84. The van der Waals surface area contributed by atoms with Gasteiger partial charge in [0.1, 0.15) is 0 Å². The van der Waals surface area contributed by atoms with Crippen molar-refractivity contribution in [3.8, 4) is 11.1 Å². The molecule has 0 saturated heterocycles. The Balaban J connectivity index is 1.60. The van der Waals surface area contributed by atoms with Crippen LogP contribution in [0.25, 0.3) is 11.1 Å². The van der Waals surface area contributed by atoms with Crippen molar-refractivity contribution in [2.45, 2.75) is 77.6 Å². The Morgan fingerprint density at radius 3 is 2.00 bits per heavy atom. The number of unbranched alkanes of at least 4 members (excludes halogenated alkanes) is 2. The quantitative estimate of drug-likeness (QED) is 0.306. The Hall–Kier alpha value is -1.77. The lowest BCUT2D eigenvalue weighted by molar-refractivity contribution is 0.212. The van der Waals surface area contributed by atoms with Crippen molar-refractivity contribution < 1.29 is 13.2 Å². The fourth-order valence-electron chi connectivity index (χ4n) is 5.02. The summed E-state index contributed by atoms with van der Waals surface area (Å²) in [6.45, 7) is 4.60. The van der Waals surface area contributed by atoms with E-state index in [9.17, 15) is 13.2 Å². The maximum absolute atomic E-state index is 13.5. The highest BCUT2D eigenvalue weighted by molar-refractivity contribution is 5.64. The Morgan fingerprint density at radius 1 is 0.828 bits per heavy atom. The first-order valence-corrected chi connectivity index (χ1v) is 11.3. The highest BCUT2D eigenvalue weighted by Gasteiger charge is 2.27. The van der Waals surface area contributed by atoms with Gasteiger partial charge in [0.05, 0.1) is 0 Å². The average Bonchev–Trinajstić information content (AvgIpc) is 2.75. The summed E-state index contributed by atoms with van der Waals surface area (Å²) in [5.74, 6) is -1.42. The largest absolute Gasteiger partial charge is 0.204 e. The molecular formula is C26H33F3. The second-order valence-corrected chi connectivity index (χ2v) is 8.65. The molecule has 0 heterocycles. The van der Waals surface area contributed by atoms with Crippen molar-refractivity contribution >= 4 is 0 Å². The predicted molar refractivity (Wildman–Crippen MR) is 114 cm³/mol. The third kappa shape index (κ3) is 5.43. The highest BCUT2D eigenvalue weighted by Crippen LogP contribution is 2.41. The molecule has 3 heteroatoms. The molecule has 1 aliphatic rings. The van der Waals surface area contributed by atoms with Gasteiger partial charge in [-0.1, -0.05) is 70.2 Å². The zero-order chi connectivity index (χ0) is 20.8. The van der Waals surface area contributed by atoms with Gasteiger partial charge in [-0.05, 0) is 72.3 Å². The van der Waals surface area contributed by atoms with Gasteiger partial charge in [-0.15, -0.1) is 0 Å². The van der Waals surface area contributed by atoms with Gasteiger partial charge in [-0.25, -0.2) is 13.2 Å². The maximum atomic E-state index is 13.5. The Labute approximate surface area is 173 Å². The molecular weight excluding hydrogens is 369 g/mol. The lowest BCUT2D eigenvalue weighted by Gasteiger charge is -2.34. The number of rotatable bonds is 8. The molecule has 1 aliphatic carbocycles. The van der Waals surface area contributed by atoms with Crippen LogP contribution in [0.4, 0.5) is 13.2 Å². The standard InChI is InChI=1S/C26H33F3/c1-3-5-6-7-18(4-2)19-8-10-20(11-9-19)21-12-14-22(15-13-21)23-16-24(27)26(29)25(28)17-23/h12-20H,3-11H2,1-2H3/t18?,19-,20-. The lowest BCUT2D eigenvalue weighted by atomic mass is 9.72. The fourth-order valence-corrected chi connectivity index (χ4v) is 5.02. The molecule has 3 rings (SSSR count). The van der Waals surface area contributed by atoms with Gasteiger partial charge in [0.25, 0.3) is 0 Å². The van der Waals surface area contributed by atoms with Gasteiger partial charge in [0.15, 0.2) is 17.5 Å². The predicted octanol–water partition coefficient (Wildman–Crippen LogP) is 8.65. The molecule has 1 atom stereocenters. The van der Waals surface area contributed by atoms with E-state index in [-0.39, 0.29) is 0 Å². The summed E-state index contributed by atoms with van der Waals surface area (Å²) in [5, 5.41) is 0. The van der Waals surface area contributed by atoms with E-state index in [0.29, 0.717) is 17.0 Å². The lowest BCUT2D eigenvalue weighted by Crippen LogP contribution is -2.21. The van der Waals surface area contributed by atoms with Crippen molar-refractivity contribution in [2.75, 3.05) is 0 Å². The molecule has 0 spiro atoms. The van der Waals surface area contributed by atoms with Crippen molar-refractivity contribution in [2.24, 2.45) is 11.8 Å². The van der Waals surface area contributed by atoms with E-state index in [1.165, 1.54) is 63.4 Å². The number of hydrogen-bond acceptors (Lipinski definition) is 0. The first kappa shape index (κ1) is 21.9. The molecule has 2 aromatic rings. The van der Waals surface area contributed by atoms with E-state index >= 15 is 0 Å². The van der Waals surface area contributed by atoms with Crippen LogP contribution in [0.3, 0.4) is 0 Å². The van der Waals surface area contributed by atoms with Gasteiger partial charge < -0.3 is 0 Å². The minimum atomic E-state index is -1.41. The molecule has 158 valence electrons. The van der Waals surface area contributed by atoms with E-state index in [0.717, 1.165) is 24.0 Å².